The van der Waals surface area contributed by atoms with Crippen LogP contribution in [-0.4, -0.2) is 52.8 Å². The lowest BCUT2D eigenvalue weighted by molar-refractivity contribution is -0.124. The lowest BCUT2D eigenvalue weighted by Crippen LogP contribution is -2.52. The van der Waals surface area contributed by atoms with Gasteiger partial charge < -0.3 is 15.0 Å². The van der Waals surface area contributed by atoms with E-state index in [1.165, 1.54) is 0 Å². The highest BCUT2D eigenvalue weighted by Crippen LogP contribution is 2.53. The maximum atomic E-state index is 13.3. The van der Waals surface area contributed by atoms with Crippen molar-refractivity contribution in [1.82, 2.24) is 25.9 Å². The highest BCUT2D eigenvalue weighted by atomic mass is 35.5. The smallest absolute Gasteiger partial charge is 0.265 e. The Morgan fingerprint density at radius 1 is 1.39 bits per heavy atom. The van der Waals surface area contributed by atoms with Gasteiger partial charge in [-0.25, -0.2) is 0 Å². The zero-order valence-electron chi connectivity index (χ0n) is 16.3. The fourth-order valence-electron chi connectivity index (χ4n) is 4.44. The molecule has 1 aliphatic heterocycles. The van der Waals surface area contributed by atoms with Crippen molar-refractivity contribution in [2.24, 2.45) is 5.92 Å². The van der Waals surface area contributed by atoms with Gasteiger partial charge in [0.15, 0.2) is 0 Å². The number of carbonyl (C=O) groups excluding carboxylic acids is 1. The first-order valence-corrected chi connectivity index (χ1v) is 9.94. The molecule has 1 aromatic carbocycles. The van der Waals surface area contributed by atoms with Gasteiger partial charge in [0.2, 0.25) is 5.91 Å². The summed E-state index contributed by atoms with van der Waals surface area (Å²) in [5.74, 6) is 1.73. The van der Waals surface area contributed by atoms with Gasteiger partial charge in [-0.1, -0.05) is 23.6 Å². The number of hydrogen-bond acceptors (Lipinski definition) is 6. The molecular weight excluding hydrogens is 380 g/mol. The number of aryl methyl sites for hydroxylation is 1. The van der Waals surface area contributed by atoms with Crippen LogP contribution in [-0.2, 0) is 10.2 Å². The molecule has 0 spiro atoms. The number of aromatic nitrogens is 4. The maximum Gasteiger partial charge on any atom is 0.265 e. The van der Waals surface area contributed by atoms with Gasteiger partial charge in [0.1, 0.15) is 5.75 Å². The van der Waals surface area contributed by atoms with Gasteiger partial charge in [0.05, 0.1) is 12.5 Å². The molecule has 2 heterocycles. The maximum absolute atomic E-state index is 13.3. The third kappa shape index (κ3) is 3.41. The standard InChI is InChI=1S/C19H25ClN6O2/c1-11-6-14(10-26(9-11)18-22-24-25-23-18)21-17(27)19(4-5-19)16-12(2)7-13(20)8-15(16)28-3/h7-8,11,14H,4-6,9-10H2,1-3H3,(H,21,27)(H,22,23,24,25)/t11-,14+/m0/s1. The molecule has 0 radical (unpaired) electrons. The van der Waals surface area contributed by atoms with E-state index in [-0.39, 0.29) is 11.9 Å². The summed E-state index contributed by atoms with van der Waals surface area (Å²) in [6.07, 6.45) is 2.55. The number of piperidine rings is 1. The van der Waals surface area contributed by atoms with Crippen molar-refractivity contribution in [3.05, 3.63) is 28.3 Å². The van der Waals surface area contributed by atoms with Crippen LogP contribution in [0.2, 0.25) is 5.02 Å². The molecule has 2 N–H and O–H groups in total. The average molecular weight is 405 g/mol. The van der Waals surface area contributed by atoms with Crippen LogP contribution in [0.4, 0.5) is 5.95 Å². The third-order valence-corrected chi connectivity index (χ3v) is 5.98. The lowest BCUT2D eigenvalue weighted by Gasteiger charge is -2.36. The summed E-state index contributed by atoms with van der Waals surface area (Å²) >= 11 is 6.18. The first-order chi connectivity index (χ1) is 13.4. The normalized spacial score (nSPS) is 23.4. The van der Waals surface area contributed by atoms with Crippen molar-refractivity contribution in [3.63, 3.8) is 0 Å². The number of nitrogens with one attached hydrogen (secondary N) is 2. The summed E-state index contributed by atoms with van der Waals surface area (Å²) in [5, 5.41) is 18.2. The van der Waals surface area contributed by atoms with Crippen molar-refractivity contribution in [2.75, 3.05) is 25.1 Å². The first-order valence-electron chi connectivity index (χ1n) is 9.57. The van der Waals surface area contributed by atoms with Crippen LogP contribution in [0.3, 0.4) is 0 Å². The molecule has 2 aromatic rings. The van der Waals surface area contributed by atoms with Gasteiger partial charge in [-0.05, 0) is 55.0 Å². The molecule has 150 valence electrons. The van der Waals surface area contributed by atoms with Crippen molar-refractivity contribution >= 4 is 23.5 Å². The van der Waals surface area contributed by atoms with E-state index in [1.54, 1.807) is 13.2 Å². The van der Waals surface area contributed by atoms with Gasteiger partial charge in [0, 0.05) is 29.7 Å². The number of hydrogen-bond donors (Lipinski definition) is 2. The Morgan fingerprint density at radius 3 is 2.82 bits per heavy atom. The van der Waals surface area contributed by atoms with Gasteiger partial charge in [-0.3, -0.25) is 4.79 Å². The Hall–Kier alpha value is -2.35. The lowest BCUT2D eigenvalue weighted by atomic mass is 9.88. The largest absolute Gasteiger partial charge is 0.496 e. The fraction of sp³-hybridized carbons (Fsp3) is 0.579. The minimum atomic E-state index is -0.530. The number of carbonyl (C=O) groups is 1. The molecule has 1 saturated carbocycles. The van der Waals surface area contributed by atoms with Crippen LogP contribution in [0.25, 0.3) is 0 Å². The van der Waals surface area contributed by atoms with Crippen LogP contribution in [0.5, 0.6) is 5.75 Å². The molecule has 0 unspecified atom stereocenters. The number of rotatable bonds is 5. The zero-order valence-corrected chi connectivity index (χ0v) is 17.1. The summed E-state index contributed by atoms with van der Waals surface area (Å²) in [5.41, 5.74) is 1.41. The highest BCUT2D eigenvalue weighted by Gasteiger charge is 2.54. The summed E-state index contributed by atoms with van der Waals surface area (Å²) in [6, 6.07) is 3.72. The third-order valence-electron chi connectivity index (χ3n) is 5.76. The van der Waals surface area contributed by atoms with Crippen molar-refractivity contribution in [1.29, 1.82) is 0 Å². The Bertz CT molecular complexity index is 868. The van der Waals surface area contributed by atoms with Crippen molar-refractivity contribution < 1.29 is 9.53 Å². The molecule has 1 aromatic heterocycles. The van der Waals surface area contributed by atoms with E-state index in [0.717, 1.165) is 36.9 Å². The zero-order chi connectivity index (χ0) is 19.9. The number of anilines is 1. The monoisotopic (exact) mass is 404 g/mol. The number of benzene rings is 1. The Morgan fingerprint density at radius 2 is 2.18 bits per heavy atom. The molecule has 2 fully saturated rings. The molecule has 1 amide bonds. The predicted octanol–water partition coefficient (Wildman–Crippen LogP) is 2.23. The second kappa shape index (κ2) is 7.24. The first kappa shape index (κ1) is 19.0. The molecule has 2 aliphatic rings. The molecule has 9 heteroatoms. The van der Waals surface area contributed by atoms with Crippen LogP contribution in [0.1, 0.15) is 37.3 Å². The molecule has 8 nitrogen and oxygen atoms in total. The number of methoxy groups -OCH3 is 1. The van der Waals surface area contributed by atoms with Crippen molar-refractivity contribution in [2.45, 2.75) is 44.6 Å². The highest BCUT2D eigenvalue weighted by molar-refractivity contribution is 6.30. The summed E-state index contributed by atoms with van der Waals surface area (Å²) in [4.78, 5) is 15.4. The number of amides is 1. The second-order valence-corrected chi connectivity index (χ2v) is 8.45. The molecule has 1 aliphatic carbocycles. The van der Waals surface area contributed by atoms with Gasteiger partial charge in [-0.2, -0.15) is 5.21 Å². The number of tetrazole rings is 1. The van der Waals surface area contributed by atoms with Crippen LogP contribution in [0, 0.1) is 12.8 Å². The Balaban J connectivity index is 1.54. The average Bonchev–Trinajstić information content (AvgIpc) is 3.25. The molecule has 0 bridgehead atoms. The van der Waals surface area contributed by atoms with Gasteiger partial charge in [0.25, 0.3) is 5.95 Å². The number of ether oxygens (including phenoxy) is 1. The molecule has 28 heavy (non-hydrogen) atoms. The van der Waals surface area contributed by atoms with E-state index >= 15 is 0 Å². The van der Waals surface area contributed by atoms with Gasteiger partial charge in [-0.15, -0.1) is 5.10 Å². The fourth-order valence-corrected chi connectivity index (χ4v) is 4.70. The molecular formula is C19H25ClN6O2. The van der Waals surface area contributed by atoms with Gasteiger partial charge >= 0.3 is 0 Å². The topological polar surface area (TPSA) is 96.0 Å². The second-order valence-electron chi connectivity index (χ2n) is 8.01. The van der Waals surface area contributed by atoms with E-state index in [1.807, 2.05) is 13.0 Å². The predicted molar refractivity (Wildman–Crippen MR) is 106 cm³/mol. The number of H-pyrrole nitrogens is 1. The van der Waals surface area contributed by atoms with E-state index in [2.05, 4.69) is 37.8 Å². The number of aromatic amines is 1. The number of halogens is 1. The summed E-state index contributed by atoms with van der Waals surface area (Å²) in [6.45, 7) is 5.67. The van der Waals surface area contributed by atoms with Crippen LogP contribution >= 0.6 is 11.6 Å². The molecule has 4 rings (SSSR count). The quantitative estimate of drug-likeness (QED) is 0.793. The summed E-state index contributed by atoms with van der Waals surface area (Å²) in [7, 11) is 1.62. The molecule has 2 atom stereocenters. The van der Waals surface area contributed by atoms with E-state index < -0.39 is 5.41 Å². The minimum absolute atomic E-state index is 0.0332. The van der Waals surface area contributed by atoms with E-state index in [0.29, 0.717) is 29.2 Å². The van der Waals surface area contributed by atoms with Crippen LogP contribution < -0.4 is 15.0 Å². The Labute approximate surface area is 169 Å². The number of nitrogens with zero attached hydrogens (tertiary/aromatic N) is 4. The SMILES string of the molecule is COc1cc(Cl)cc(C)c1C1(C(=O)N[C@@H]2C[C@H](C)CN(c3nn[nH]n3)C2)CC1. The molecule has 1 saturated heterocycles. The minimum Gasteiger partial charge on any atom is -0.496 e. The van der Waals surface area contributed by atoms with Crippen LogP contribution in [0.15, 0.2) is 12.1 Å². The Kier molecular flexibility index (Phi) is 4.91. The van der Waals surface area contributed by atoms with E-state index in [4.69, 9.17) is 16.3 Å². The van der Waals surface area contributed by atoms with E-state index in [9.17, 15) is 4.79 Å². The van der Waals surface area contributed by atoms with Crippen molar-refractivity contribution in [3.8, 4) is 5.75 Å². The summed E-state index contributed by atoms with van der Waals surface area (Å²) < 4.78 is 5.56.